The predicted molar refractivity (Wildman–Crippen MR) is 143 cm³/mol. The van der Waals surface area contributed by atoms with Crippen molar-refractivity contribution in [3.8, 4) is 0 Å². The average Bonchev–Trinajstić information content (AvgIpc) is 3.61. The Morgan fingerprint density at radius 3 is 2.00 bits per heavy atom. The number of carbonyl (C=O) groups is 4. The first kappa shape index (κ1) is 25.9. The van der Waals surface area contributed by atoms with E-state index in [1.807, 2.05) is 60.7 Å². The number of nitrogens with one attached hydrogen (secondary N) is 2. The van der Waals surface area contributed by atoms with Crippen molar-refractivity contribution in [1.82, 2.24) is 20.4 Å². The molecule has 2 N–H and O–H groups in total. The molecule has 0 spiro atoms. The Kier molecular flexibility index (Phi) is 8.05. The molecule has 4 atom stereocenters. The number of aryl methyl sites for hydroxylation is 1. The van der Waals surface area contributed by atoms with Crippen LogP contribution in [0.1, 0.15) is 49.7 Å². The molecule has 8 nitrogen and oxygen atoms in total. The second-order valence-electron chi connectivity index (χ2n) is 10.6. The van der Waals surface area contributed by atoms with Crippen molar-refractivity contribution < 1.29 is 19.2 Å². The Hall–Kier alpha value is -3.68. The molecular formula is C30H36N4O4. The summed E-state index contributed by atoms with van der Waals surface area (Å²) in [4.78, 5) is 57.6. The third-order valence-corrected chi connectivity index (χ3v) is 7.96. The highest BCUT2D eigenvalue weighted by molar-refractivity contribution is 5.95. The van der Waals surface area contributed by atoms with E-state index in [0.717, 1.165) is 24.0 Å². The third-order valence-electron chi connectivity index (χ3n) is 7.96. The van der Waals surface area contributed by atoms with Crippen LogP contribution < -0.4 is 10.6 Å². The molecule has 3 aliphatic rings. The van der Waals surface area contributed by atoms with Crippen LogP contribution in [0.4, 0.5) is 0 Å². The molecule has 3 fully saturated rings. The molecular weight excluding hydrogens is 480 g/mol. The average molecular weight is 517 g/mol. The molecule has 38 heavy (non-hydrogen) atoms. The van der Waals surface area contributed by atoms with E-state index in [0.29, 0.717) is 45.2 Å². The molecule has 2 aromatic rings. The summed E-state index contributed by atoms with van der Waals surface area (Å²) in [6.07, 6.45) is 4.24. The Morgan fingerprint density at radius 2 is 1.32 bits per heavy atom. The van der Waals surface area contributed by atoms with E-state index >= 15 is 0 Å². The van der Waals surface area contributed by atoms with Gasteiger partial charge in [-0.1, -0.05) is 60.7 Å². The van der Waals surface area contributed by atoms with Crippen LogP contribution in [0.2, 0.25) is 0 Å². The van der Waals surface area contributed by atoms with Crippen LogP contribution in [-0.4, -0.2) is 70.7 Å². The van der Waals surface area contributed by atoms with Gasteiger partial charge in [-0.2, -0.15) is 0 Å². The zero-order chi connectivity index (χ0) is 26.5. The quantitative estimate of drug-likeness (QED) is 0.637. The van der Waals surface area contributed by atoms with Gasteiger partial charge in [-0.05, 0) is 56.1 Å². The van der Waals surface area contributed by atoms with Gasteiger partial charge in [0.15, 0.2) is 0 Å². The SMILES string of the molecule is O=C1C[C@H](Cc2ccccc2)NC(=O)[C@@H]2CCCN2C(=O)[C@@H]2CCCN2C(=O)[C@H](CCc2ccccc2)N1. The van der Waals surface area contributed by atoms with Crippen LogP contribution in [0, 0.1) is 0 Å². The van der Waals surface area contributed by atoms with Crippen LogP contribution in [0.15, 0.2) is 60.7 Å². The Labute approximate surface area is 223 Å². The Bertz CT molecular complexity index is 1160. The van der Waals surface area contributed by atoms with Gasteiger partial charge in [-0.25, -0.2) is 0 Å². The second-order valence-corrected chi connectivity index (χ2v) is 10.6. The van der Waals surface area contributed by atoms with Crippen molar-refractivity contribution in [2.45, 2.75) is 75.5 Å². The van der Waals surface area contributed by atoms with E-state index in [2.05, 4.69) is 10.6 Å². The van der Waals surface area contributed by atoms with Gasteiger partial charge in [0.25, 0.3) is 0 Å². The van der Waals surface area contributed by atoms with Crippen LogP contribution in [0.3, 0.4) is 0 Å². The van der Waals surface area contributed by atoms with Crippen LogP contribution >= 0.6 is 0 Å². The number of rotatable bonds is 5. The highest BCUT2D eigenvalue weighted by Gasteiger charge is 2.44. The lowest BCUT2D eigenvalue weighted by atomic mass is 10.0. The molecule has 2 aromatic carbocycles. The first-order valence-electron chi connectivity index (χ1n) is 13.8. The van der Waals surface area contributed by atoms with E-state index in [1.54, 1.807) is 9.80 Å². The zero-order valence-electron chi connectivity index (χ0n) is 21.7. The van der Waals surface area contributed by atoms with Crippen molar-refractivity contribution in [2.75, 3.05) is 13.1 Å². The van der Waals surface area contributed by atoms with Crippen LogP contribution in [0.5, 0.6) is 0 Å². The maximum absolute atomic E-state index is 13.8. The summed E-state index contributed by atoms with van der Waals surface area (Å²) in [6.45, 7) is 0.988. The van der Waals surface area contributed by atoms with Gasteiger partial charge in [0.05, 0.1) is 0 Å². The minimum Gasteiger partial charge on any atom is -0.351 e. The maximum atomic E-state index is 13.8. The molecule has 3 heterocycles. The van der Waals surface area contributed by atoms with E-state index in [4.69, 9.17) is 0 Å². The highest BCUT2D eigenvalue weighted by Crippen LogP contribution is 2.27. The molecule has 0 unspecified atom stereocenters. The van der Waals surface area contributed by atoms with Gasteiger partial charge in [0.2, 0.25) is 23.6 Å². The third kappa shape index (κ3) is 5.90. The number of carbonyl (C=O) groups excluding carboxylic acids is 4. The summed E-state index contributed by atoms with van der Waals surface area (Å²) in [7, 11) is 0. The topological polar surface area (TPSA) is 98.8 Å². The molecule has 0 saturated carbocycles. The van der Waals surface area contributed by atoms with Crippen molar-refractivity contribution >= 4 is 23.6 Å². The summed E-state index contributed by atoms with van der Waals surface area (Å²) in [5.74, 6) is -0.859. The first-order valence-corrected chi connectivity index (χ1v) is 13.8. The van der Waals surface area contributed by atoms with E-state index in [-0.39, 0.29) is 30.0 Å². The second kappa shape index (κ2) is 11.8. The van der Waals surface area contributed by atoms with E-state index in [1.165, 1.54) is 0 Å². The fraction of sp³-hybridized carbons (Fsp3) is 0.467. The van der Waals surface area contributed by atoms with Gasteiger partial charge in [-0.15, -0.1) is 0 Å². The number of fused-ring (bicyclic) bond motifs is 2. The monoisotopic (exact) mass is 516 g/mol. The fourth-order valence-electron chi connectivity index (χ4n) is 6.04. The van der Waals surface area contributed by atoms with Gasteiger partial charge in [0.1, 0.15) is 18.1 Å². The Morgan fingerprint density at radius 1 is 0.711 bits per heavy atom. The lowest BCUT2D eigenvalue weighted by Crippen LogP contribution is -2.55. The molecule has 8 heteroatoms. The van der Waals surface area contributed by atoms with Crippen molar-refractivity contribution in [3.63, 3.8) is 0 Å². The summed E-state index contributed by atoms with van der Waals surface area (Å²) < 4.78 is 0. The van der Waals surface area contributed by atoms with Crippen molar-refractivity contribution in [1.29, 1.82) is 0 Å². The standard InChI is InChI=1S/C30H36N4O4/c35-27-20-23(19-22-11-5-2-6-12-22)31-28(36)25-13-7-17-33(25)30(38)26-14-8-18-34(26)29(37)24(32-27)16-15-21-9-3-1-4-10-21/h1-6,9-12,23-26H,7-8,13-20H2,(H,31,36)(H,32,35)/t23-,24-,25-,26-/m0/s1. The van der Waals surface area contributed by atoms with Crippen LogP contribution in [-0.2, 0) is 32.0 Å². The number of hydrogen-bond donors (Lipinski definition) is 2. The molecule has 3 saturated heterocycles. The van der Waals surface area contributed by atoms with Crippen molar-refractivity contribution in [3.05, 3.63) is 71.8 Å². The molecule has 200 valence electrons. The van der Waals surface area contributed by atoms with Gasteiger partial charge >= 0.3 is 0 Å². The van der Waals surface area contributed by atoms with Crippen LogP contribution in [0.25, 0.3) is 0 Å². The summed E-state index contributed by atoms with van der Waals surface area (Å²) >= 11 is 0. The van der Waals surface area contributed by atoms with Gasteiger partial charge in [-0.3, -0.25) is 19.2 Å². The largest absolute Gasteiger partial charge is 0.351 e. The number of hydrogen-bond acceptors (Lipinski definition) is 4. The summed E-state index contributed by atoms with van der Waals surface area (Å²) in [6, 6.07) is 17.3. The smallest absolute Gasteiger partial charge is 0.246 e. The maximum Gasteiger partial charge on any atom is 0.246 e. The molecule has 0 radical (unpaired) electrons. The summed E-state index contributed by atoms with van der Waals surface area (Å²) in [5, 5.41) is 6.05. The molecule has 4 amide bonds. The zero-order valence-corrected chi connectivity index (χ0v) is 21.7. The lowest BCUT2D eigenvalue weighted by Gasteiger charge is -2.32. The minimum absolute atomic E-state index is 0.0554. The lowest BCUT2D eigenvalue weighted by molar-refractivity contribution is -0.147. The normalized spacial score (nSPS) is 26.5. The fourth-order valence-corrected chi connectivity index (χ4v) is 6.04. The number of amides is 4. The number of nitrogens with zero attached hydrogens (tertiary/aromatic N) is 2. The molecule has 0 aliphatic carbocycles. The van der Waals surface area contributed by atoms with Gasteiger partial charge < -0.3 is 20.4 Å². The highest BCUT2D eigenvalue weighted by atomic mass is 16.2. The van der Waals surface area contributed by atoms with Gasteiger partial charge in [0, 0.05) is 25.6 Å². The number of benzene rings is 2. The minimum atomic E-state index is -0.737. The molecule has 0 aromatic heterocycles. The summed E-state index contributed by atoms with van der Waals surface area (Å²) in [5.41, 5.74) is 2.09. The van der Waals surface area contributed by atoms with Crippen molar-refractivity contribution in [2.24, 2.45) is 0 Å². The molecule has 3 aliphatic heterocycles. The first-order chi connectivity index (χ1) is 18.5. The molecule has 5 rings (SSSR count). The Balaban J connectivity index is 1.43. The molecule has 0 bridgehead atoms. The van der Waals surface area contributed by atoms with E-state index in [9.17, 15) is 19.2 Å². The van der Waals surface area contributed by atoms with E-state index < -0.39 is 24.2 Å². The predicted octanol–water partition coefficient (Wildman–Crippen LogP) is 2.22.